The molecule has 0 radical (unpaired) electrons. The third-order valence-corrected chi connectivity index (χ3v) is 3.69. The van der Waals surface area contributed by atoms with Crippen LogP contribution in [0.2, 0.25) is 5.15 Å². The molecule has 0 aliphatic carbocycles. The number of anilines is 2. The number of nitrogen functional groups attached to an aromatic ring is 1. The first-order valence-electron chi connectivity index (χ1n) is 6.45. The Balaban J connectivity index is 1.94. The molecule has 2 aromatic rings. The average Bonchev–Trinajstić information content (AvgIpc) is 2.87. The summed E-state index contributed by atoms with van der Waals surface area (Å²) in [6.45, 7) is 0.870. The summed E-state index contributed by atoms with van der Waals surface area (Å²) in [7, 11) is 0. The molecule has 1 aromatic carbocycles. The van der Waals surface area contributed by atoms with Crippen molar-refractivity contribution in [2.75, 3.05) is 17.2 Å². The van der Waals surface area contributed by atoms with Gasteiger partial charge in [0.2, 0.25) is 5.95 Å². The number of nitrogens with zero attached hydrogens (tertiary/aromatic N) is 3. The Kier molecular flexibility index (Phi) is 3.44. The van der Waals surface area contributed by atoms with Gasteiger partial charge in [0, 0.05) is 12.6 Å². The van der Waals surface area contributed by atoms with E-state index in [2.05, 4.69) is 14.9 Å². The van der Waals surface area contributed by atoms with Gasteiger partial charge in [0.25, 0.3) is 0 Å². The van der Waals surface area contributed by atoms with Crippen LogP contribution in [0.5, 0.6) is 0 Å². The smallest absolute Gasteiger partial charge is 0.223 e. The zero-order valence-electron chi connectivity index (χ0n) is 10.8. The van der Waals surface area contributed by atoms with Gasteiger partial charge in [-0.25, -0.2) is 9.37 Å². The van der Waals surface area contributed by atoms with Gasteiger partial charge in [-0.1, -0.05) is 23.7 Å². The van der Waals surface area contributed by atoms with E-state index >= 15 is 0 Å². The van der Waals surface area contributed by atoms with Crippen molar-refractivity contribution in [3.63, 3.8) is 0 Å². The molecule has 20 heavy (non-hydrogen) atoms. The highest BCUT2D eigenvalue weighted by atomic mass is 35.5. The summed E-state index contributed by atoms with van der Waals surface area (Å²) in [6.07, 6.45) is 2.04. The van der Waals surface area contributed by atoms with Crippen molar-refractivity contribution in [3.05, 3.63) is 46.9 Å². The molecule has 2 N–H and O–H groups in total. The largest absolute Gasteiger partial charge is 0.368 e. The molecular weight excluding hydrogens is 279 g/mol. The summed E-state index contributed by atoms with van der Waals surface area (Å²) in [6, 6.07) is 8.45. The Morgan fingerprint density at radius 1 is 1.25 bits per heavy atom. The molecule has 1 atom stereocenters. The summed E-state index contributed by atoms with van der Waals surface area (Å²) in [5.41, 5.74) is 6.71. The lowest BCUT2D eigenvalue weighted by molar-refractivity contribution is 0.624. The van der Waals surface area contributed by atoms with E-state index in [1.165, 1.54) is 12.1 Å². The number of hydrogen-bond donors (Lipinski definition) is 1. The number of aromatic nitrogens is 2. The predicted octanol–water partition coefficient (Wildman–Crippen LogP) is 3.19. The van der Waals surface area contributed by atoms with Gasteiger partial charge < -0.3 is 10.6 Å². The van der Waals surface area contributed by atoms with Gasteiger partial charge in [-0.05, 0) is 30.5 Å². The molecule has 2 heterocycles. The second kappa shape index (κ2) is 5.25. The molecule has 3 rings (SSSR count). The molecule has 1 aliphatic rings. The van der Waals surface area contributed by atoms with E-state index in [-0.39, 0.29) is 17.8 Å². The van der Waals surface area contributed by atoms with E-state index < -0.39 is 0 Å². The number of nitrogens with two attached hydrogens (primary N) is 1. The van der Waals surface area contributed by atoms with Crippen molar-refractivity contribution in [2.45, 2.75) is 18.9 Å². The maximum atomic E-state index is 13.0. The second-order valence-electron chi connectivity index (χ2n) is 4.81. The van der Waals surface area contributed by atoms with Crippen molar-refractivity contribution in [2.24, 2.45) is 0 Å². The van der Waals surface area contributed by atoms with E-state index in [1.807, 2.05) is 12.1 Å². The summed E-state index contributed by atoms with van der Waals surface area (Å²) in [5, 5.41) is 0.331. The zero-order valence-corrected chi connectivity index (χ0v) is 11.5. The molecule has 6 heteroatoms. The Bertz CT molecular complexity index is 597. The van der Waals surface area contributed by atoms with Gasteiger partial charge in [0.15, 0.2) is 0 Å². The molecule has 1 fully saturated rings. The van der Waals surface area contributed by atoms with Gasteiger partial charge in [0.05, 0.1) is 6.04 Å². The van der Waals surface area contributed by atoms with Gasteiger partial charge in [-0.15, -0.1) is 0 Å². The number of halogens is 2. The Labute approximate surface area is 121 Å². The van der Waals surface area contributed by atoms with Crippen LogP contribution in [0.25, 0.3) is 0 Å². The first-order valence-corrected chi connectivity index (χ1v) is 6.83. The highest BCUT2D eigenvalue weighted by molar-refractivity contribution is 6.29. The fourth-order valence-corrected chi connectivity index (χ4v) is 2.83. The highest BCUT2D eigenvalue weighted by Gasteiger charge is 2.27. The van der Waals surface area contributed by atoms with Crippen LogP contribution >= 0.6 is 11.6 Å². The molecule has 0 amide bonds. The minimum Gasteiger partial charge on any atom is -0.368 e. The van der Waals surface area contributed by atoms with Crippen LogP contribution in [0.3, 0.4) is 0 Å². The summed E-state index contributed by atoms with van der Waals surface area (Å²) in [5.74, 6) is 0.652. The predicted molar refractivity (Wildman–Crippen MR) is 77.2 cm³/mol. The van der Waals surface area contributed by atoms with E-state index in [0.717, 1.165) is 24.9 Å². The molecule has 0 saturated carbocycles. The first-order chi connectivity index (χ1) is 9.63. The molecule has 1 aromatic heterocycles. The number of rotatable bonds is 2. The number of hydrogen-bond acceptors (Lipinski definition) is 4. The van der Waals surface area contributed by atoms with E-state index in [4.69, 9.17) is 17.3 Å². The molecule has 1 unspecified atom stereocenters. The van der Waals surface area contributed by atoms with Gasteiger partial charge in [0.1, 0.15) is 16.8 Å². The fourth-order valence-electron chi connectivity index (χ4n) is 2.64. The standard InChI is InChI=1S/C14H14ClFN4/c15-12-8-13(19-14(17)18-12)20-7-1-2-11(20)9-3-5-10(16)6-4-9/h3-6,8,11H,1-2,7H2,(H2,17,18,19). The maximum absolute atomic E-state index is 13.0. The van der Waals surface area contributed by atoms with Crippen LogP contribution in [-0.2, 0) is 0 Å². The second-order valence-corrected chi connectivity index (χ2v) is 5.20. The Hall–Kier alpha value is -1.88. The molecule has 0 bridgehead atoms. The minimum atomic E-state index is -0.229. The lowest BCUT2D eigenvalue weighted by Gasteiger charge is -2.26. The molecule has 4 nitrogen and oxygen atoms in total. The molecule has 1 aliphatic heterocycles. The van der Waals surface area contributed by atoms with Crippen LogP contribution < -0.4 is 10.6 Å². The lowest BCUT2D eigenvalue weighted by Crippen LogP contribution is -2.24. The maximum Gasteiger partial charge on any atom is 0.223 e. The Morgan fingerprint density at radius 3 is 2.70 bits per heavy atom. The van der Waals surface area contributed by atoms with Crippen LogP contribution in [-0.4, -0.2) is 16.5 Å². The monoisotopic (exact) mass is 292 g/mol. The van der Waals surface area contributed by atoms with Crippen molar-refractivity contribution >= 4 is 23.4 Å². The molecule has 104 valence electrons. The van der Waals surface area contributed by atoms with Crippen molar-refractivity contribution < 1.29 is 4.39 Å². The van der Waals surface area contributed by atoms with Crippen molar-refractivity contribution in [1.82, 2.24) is 9.97 Å². The third kappa shape index (κ3) is 2.54. The van der Waals surface area contributed by atoms with Crippen LogP contribution in [0, 0.1) is 5.82 Å². The van der Waals surface area contributed by atoms with E-state index in [0.29, 0.717) is 11.0 Å². The van der Waals surface area contributed by atoms with Gasteiger partial charge in [-0.2, -0.15) is 4.98 Å². The minimum absolute atomic E-state index is 0.164. The summed E-state index contributed by atoms with van der Waals surface area (Å²) in [4.78, 5) is 10.3. The fraction of sp³-hybridized carbons (Fsp3) is 0.286. The summed E-state index contributed by atoms with van der Waals surface area (Å²) >= 11 is 5.94. The topological polar surface area (TPSA) is 55.0 Å². The van der Waals surface area contributed by atoms with Gasteiger partial charge >= 0.3 is 0 Å². The van der Waals surface area contributed by atoms with Crippen LogP contribution in [0.15, 0.2) is 30.3 Å². The zero-order chi connectivity index (χ0) is 14.1. The SMILES string of the molecule is Nc1nc(Cl)cc(N2CCCC2c2ccc(F)cc2)n1. The molecule has 1 saturated heterocycles. The van der Waals surface area contributed by atoms with Crippen LogP contribution in [0.1, 0.15) is 24.4 Å². The normalized spacial score (nSPS) is 18.5. The first kappa shape index (κ1) is 13.1. The van der Waals surface area contributed by atoms with Crippen molar-refractivity contribution in [1.29, 1.82) is 0 Å². The molecule has 0 spiro atoms. The van der Waals surface area contributed by atoms with E-state index in [9.17, 15) is 4.39 Å². The number of benzene rings is 1. The van der Waals surface area contributed by atoms with E-state index in [1.54, 1.807) is 6.07 Å². The van der Waals surface area contributed by atoms with Crippen LogP contribution in [0.4, 0.5) is 16.2 Å². The lowest BCUT2D eigenvalue weighted by atomic mass is 10.0. The summed E-state index contributed by atoms with van der Waals surface area (Å²) < 4.78 is 13.0. The Morgan fingerprint density at radius 2 is 2.00 bits per heavy atom. The quantitative estimate of drug-likeness (QED) is 0.864. The highest BCUT2D eigenvalue weighted by Crippen LogP contribution is 2.35. The average molecular weight is 293 g/mol. The third-order valence-electron chi connectivity index (χ3n) is 3.50. The van der Waals surface area contributed by atoms with Gasteiger partial charge in [-0.3, -0.25) is 0 Å². The molecular formula is C14H14ClFN4. The van der Waals surface area contributed by atoms with Crippen molar-refractivity contribution in [3.8, 4) is 0 Å².